The van der Waals surface area contributed by atoms with Crippen molar-refractivity contribution in [2.75, 3.05) is 25.9 Å². The maximum atomic E-state index is 12.9. The minimum atomic E-state index is -0.288. The number of carbonyl (C=O) groups is 1. The van der Waals surface area contributed by atoms with Crippen LogP contribution in [-0.4, -0.2) is 51.7 Å². The summed E-state index contributed by atoms with van der Waals surface area (Å²) in [5.74, 6) is 1.29. The van der Waals surface area contributed by atoms with E-state index < -0.39 is 0 Å². The molecule has 2 heterocycles. The summed E-state index contributed by atoms with van der Waals surface area (Å²) in [6, 6.07) is -0.288. The molecule has 1 amide bonds. The SMILES string of the molecule is CCSC1CCCCN(C(=O)C(NC)c2cnn(C)c2)C1. The Hall–Kier alpha value is -1.01. The van der Waals surface area contributed by atoms with Gasteiger partial charge in [-0.05, 0) is 25.6 Å². The molecule has 5 nitrogen and oxygen atoms in total. The second kappa shape index (κ2) is 7.84. The summed E-state index contributed by atoms with van der Waals surface area (Å²) in [5.41, 5.74) is 0.939. The van der Waals surface area contributed by atoms with E-state index in [-0.39, 0.29) is 11.9 Å². The second-order valence-electron chi connectivity index (χ2n) is 5.53. The van der Waals surface area contributed by atoms with Gasteiger partial charge < -0.3 is 10.2 Å². The summed E-state index contributed by atoms with van der Waals surface area (Å²) in [6.45, 7) is 3.93. The molecule has 2 atom stereocenters. The lowest BCUT2D eigenvalue weighted by Gasteiger charge is -2.27. The zero-order valence-electron chi connectivity index (χ0n) is 13.2. The van der Waals surface area contributed by atoms with E-state index in [1.165, 1.54) is 12.8 Å². The molecule has 1 aliphatic heterocycles. The number of rotatable bonds is 5. The number of likely N-dealkylation sites (tertiary alicyclic amines) is 1. The topological polar surface area (TPSA) is 50.2 Å². The predicted octanol–water partition coefficient (Wildman–Crippen LogP) is 1.81. The molecule has 0 bridgehead atoms. The third-order valence-corrected chi connectivity index (χ3v) is 5.13. The zero-order chi connectivity index (χ0) is 15.2. The van der Waals surface area contributed by atoms with Gasteiger partial charge in [0.25, 0.3) is 0 Å². The second-order valence-corrected chi connectivity index (χ2v) is 7.10. The van der Waals surface area contributed by atoms with Crippen molar-refractivity contribution in [3.8, 4) is 0 Å². The number of hydrogen-bond donors (Lipinski definition) is 1. The average molecular weight is 310 g/mol. The monoisotopic (exact) mass is 310 g/mol. The van der Waals surface area contributed by atoms with Crippen molar-refractivity contribution < 1.29 is 4.79 Å². The normalized spacial score (nSPS) is 21.1. The molecule has 6 heteroatoms. The number of hydrogen-bond acceptors (Lipinski definition) is 4. The standard InChI is InChI=1S/C15H26N4OS/c1-4-21-13-7-5-6-8-19(11-13)15(20)14(16-2)12-9-17-18(3)10-12/h9-10,13-14,16H,4-8,11H2,1-3H3. The maximum absolute atomic E-state index is 12.9. The van der Waals surface area contributed by atoms with E-state index in [4.69, 9.17) is 0 Å². The highest BCUT2D eigenvalue weighted by Crippen LogP contribution is 2.24. The molecule has 118 valence electrons. The van der Waals surface area contributed by atoms with Crippen LogP contribution in [0, 0.1) is 0 Å². The van der Waals surface area contributed by atoms with Gasteiger partial charge in [0.1, 0.15) is 6.04 Å². The lowest BCUT2D eigenvalue weighted by molar-refractivity contribution is -0.133. The van der Waals surface area contributed by atoms with Crippen molar-refractivity contribution in [3.63, 3.8) is 0 Å². The Morgan fingerprint density at radius 1 is 1.57 bits per heavy atom. The van der Waals surface area contributed by atoms with Crippen LogP contribution in [0.25, 0.3) is 0 Å². The third-order valence-electron chi connectivity index (χ3n) is 3.94. The van der Waals surface area contributed by atoms with Crippen molar-refractivity contribution in [1.82, 2.24) is 20.0 Å². The fraction of sp³-hybridized carbons (Fsp3) is 0.733. The first-order valence-corrected chi connectivity index (χ1v) is 8.76. The van der Waals surface area contributed by atoms with Gasteiger partial charge in [0.2, 0.25) is 5.91 Å². The minimum Gasteiger partial charge on any atom is -0.340 e. The molecule has 21 heavy (non-hydrogen) atoms. The van der Waals surface area contributed by atoms with Crippen LogP contribution in [0.4, 0.5) is 0 Å². The predicted molar refractivity (Wildman–Crippen MR) is 87.4 cm³/mol. The van der Waals surface area contributed by atoms with E-state index in [2.05, 4.69) is 17.3 Å². The molecular weight excluding hydrogens is 284 g/mol. The molecule has 0 aliphatic carbocycles. The van der Waals surface area contributed by atoms with Crippen LogP contribution >= 0.6 is 11.8 Å². The van der Waals surface area contributed by atoms with Crippen LogP contribution in [0.15, 0.2) is 12.4 Å². The number of aromatic nitrogens is 2. The summed E-state index contributed by atoms with van der Waals surface area (Å²) in [4.78, 5) is 14.9. The van der Waals surface area contributed by atoms with E-state index in [0.29, 0.717) is 5.25 Å². The number of nitrogens with zero attached hydrogens (tertiary/aromatic N) is 3. The quantitative estimate of drug-likeness (QED) is 0.901. The number of carbonyl (C=O) groups excluding carboxylic acids is 1. The molecule has 0 saturated carbocycles. The Morgan fingerprint density at radius 3 is 3.00 bits per heavy atom. The smallest absolute Gasteiger partial charge is 0.244 e. The molecule has 0 aromatic carbocycles. The molecule has 1 fully saturated rings. The maximum Gasteiger partial charge on any atom is 0.244 e. The van der Waals surface area contributed by atoms with Gasteiger partial charge in [0, 0.05) is 37.1 Å². The molecule has 2 unspecified atom stereocenters. The number of nitrogens with one attached hydrogen (secondary N) is 1. The Balaban J connectivity index is 2.08. The zero-order valence-corrected chi connectivity index (χ0v) is 14.0. The summed E-state index contributed by atoms with van der Waals surface area (Å²) < 4.78 is 1.74. The molecule has 2 rings (SSSR count). The van der Waals surface area contributed by atoms with Gasteiger partial charge in [0.15, 0.2) is 0 Å². The van der Waals surface area contributed by atoms with Crippen LogP contribution < -0.4 is 5.32 Å². The van der Waals surface area contributed by atoms with E-state index in [0.717, 1.165) is 30.8 Å². The third kappa shape index (κ3) is 4.23. The highest BCUT2D eigenvalue weighted by atomic mass is 32.2. The van der Waals surface area contributed by atoms with Gasteiger partial charge in [-0.2, -0.15) is 16.9 Å². The summed E-state index contributed by atoms with van der Waals surface area (Å²) in [7, 11) is 3.71. The molecule has 1 saturated heterocycles. The average Bonchev–Trinajstić information content (AvgIpc) is 2.75. The summed E-state index contributed by atoms with van der Waals surface area (Å²) >= 11 is 1.98. The fourth-order valence-electron chi connectivity index (χ4n) is 2.88. The van der Waals surface area contributed by atoms with E-state index in [1.807, 2.05) is 37.0 Å². The highest BCUT2D eigenvalue weighted by molar-refractivity contribution is 7.99. The molecule has 1 aliphatic rings. The number of likely N-dealkylation sites (N-methyl/N-ethyl adjacent to an activating group) is 1. The first-order chi connectivity index (χ1) is 10.2. The Bertz CT molecular complexity index is 462. The van der Waals surface area contributed by atoms with Gasteiger partial charge in [-0.15, -0.1) is 0 Å². The van der Waals surface area contributed by atoms with Crippen LogP contribution in [0.3, 0.4) is 0 Å². The van der Waals surface area contributed by atoms with Crippen molar-refractivity contribution in [2.24, 2.45) is 7.05 Å². The van der Waals surface area contributed by atoms with Gasteiger partial charge >= 0.3 is 0 Å². The lowest BCUT2D eigenvalue weighted by Crippen LogP contribution is -2.42. The fourth-order valence-corrected chi connectivity index (χ4v) is 3.97. The minimum absolute atomic E-state index is 0.175. The molecule has 0 radical (unpaired) electrons. The van der Waals surface area contributed by atoms with Gasteiger partial charge in [-0.3, -0.25) is 9.48 Å². The molecule has 1 aromatic heterocycles. The lowest BCUT2D eigenvalue weighted by atomic mass is 10.1. The van der Waals surface area contributed by atoms with Gasteiger partial charge in [0.05, 0.1) is 6.20 Å². The van der Waals surface area contributed by atoms with Crippen LogP contribution in [-0.2, 0) is 11.8 Å². The van der Waals surface area contributed by atoms with Crippen molar-refractivity contribution in [1.29, 1.82) is 0 Å². The first kappa shape index (κ1) is 16.4. The van der Waals surface area contributed by atoms with E-state index in [9.17, 15) is 4.79 Å². The Morgan fingerprint density at radius 2 is 2.38 bits per heavy atom. The Labute approximate surface area is 131 Å². The summed E-state index contributed by atoms with van der Waals surface area (Å²) in [6.07, 6.45) is 7.23. The highest BCUT2D eigenvalue weighted by Gasteiger charge is 2.28. The van der Waals surface area contributed by atoms with E-state index in [1.54, 1.807) is 10.9 Å². The van der Waals surface area contributed by atoms with E-state index >= 15 is 0 Å². The first-order valence-electron chi connectivity index (χ1n) is 7.72. The largest absolute Gasteiger partial charge is 0.340 e. The van der Waals surface area contributed by atoms with Crippen LogP contribution in [0.5, 0.6) is 0 Å². The number of amides is 1. The molecule has 0 spiro atoms. The van der Waals surface area contributed by atoms with Crippen molar-refractivity contribution in [2.45, 2.75) is 37.5 Å². The van der Waals surface area contributed by atoms with Crippen LogP contribution in [0.1, 0.15) is 37.8 Å². The number of aryl methyl sites for hydroxylation is 1. The molecule has 1 N–H and O–H groups in total. The molecule has 1 aromatic rings. The Kier molecular flexibility index (Phi) is 6.11. The van der Waals surface area contributed by atoms with Crippen LogP contribution in [0.2, 0.25) is 0 Å². The molecular formula is C15H26N4OS. The van der Waals surface area contributed by atoms with Crippen molar-refractivity contribution in [3.05, 3.63) is 18.0 Å². The van der Waals surface area contributed by atoms with Gasteiger partial charge in [-0.1, -0.05) is 13.3 Å². The van der Waals surface area contributed by atoms with Crippen molar-refractivity contribution >= 4 is 17.7 Å². The van der Waals surface area contributed by atoms with Gasteiger partial charge in [-0.25, -0.2) is 0 Å². The number of thioether (sulfide) groups is 1. The summed E-state index contributed by atoms with van der Waals surface area (Å²) in [5, 5.41) is 7.90.